The molecule has 1 aromatic heterocycles. The summed E-state index contributed by atoms with van der Waals surface area (Å²) < 4.78 is 16.7. The fraction of sp³-hybridized carbons (Fsp3) is 0.400. The van der Waals surface area contributed by atoms with Crippen molar-refractivity contribution in [1.82, 2.24) is 0 Å². The van der Waals surface area contributed by atoms with Gasteiger partial charge < -0.3 is 40.1 Å². The van der Waals surface area contributed by atoms with Gasteiger partial charge in [0.1, 0.15) is 47.2 Å². The van der Waals surface area contributed by atoms with Crippen molar-refractivity contribution in [1.29, 1.82) is 0 Å². The van der Waals surface area contributed by atoms with Crippen LogP contribution in [-0.2, 0) is 30.6 Å². The van der Waals surface area contributed by atoms with Crippen LogP contribution in [0, 0.1) is 0 Å². The van der Waals surface area contributed by atoms with Gasteiger partial charge in [-0.3, -0.25) is 4.79 Å². The molecule has 0 saturated carbocycles. The minimum absolute atomic E-state index is 0.00469. The SMILES string of the molecule is C[C@]1(CCc2ccc(N)c(CCOCO)c2)Oc2cc3oc(CO)cc(=O)c3c(O)c2C[C@H]1O. The highest BCUT2D eigenvalue weighted by Crippen LogP contribution is 2.43. The minimum Gasteiger partial charge on any atom is -0.507 e. The minimum atomic E-state index is -0.955. The van der Waals surface area contributed by atoms with Crippen molar-refractivity contribution in [3.05, 3.63) is 63.0 Å². The van der Waals surface area contributed by atoms with Gasteiger partial charge in [0.15, 0.2) is 5.43 Å². The zero-order valence-electron chi connectivity index (χ0n) is 18.9. The van der Waals surface area contributed by atoms with Gasteiger partial charge in [0.05, 0.1) is 12.7 Å². The van der Waals surface area contributed by atoms with Crippen molar-refractivity contribution in [2.45, 2.75) is 50.9 Å². The standard InChI is InChI=1S/C25H29NO8/c1-25(6-4-14-2-3-18(26)15(8-14)5-7-32-13-28)22(30)10-17-20(34-25)11-21-23(24(17)31)19(29)9-16(12-27)33-21/h2-3,8-9,11,22,27-28,30-31H,4-7,10,12-13,26H2,1H3/t22-,25-/m1/s1. The van der Waals surface area contributed by atoms with Gasteiger partial charge >= 0.3 is 0 Å². The van der Waals surface area contributed by atoms with E-state index in [9.17, 15) is 20.1 Å². The molecule has 2 atom stereocenters. The van der Waals surface area contributed by atoms with Crippen LogP contribution in [0.2, 0.25) is 0 Å². The Bertz CT molecular complexity index is 1250. The number of phenolic OH excluding ortho intramolecular Hbond substituents is 1. The molecule has 0 fully saturated rings. The second-order valence-electron chi connectivity index (χ2n) is 8.77. The van der Waals surface area contributed by atoms with E-state index in [0.29, 0.717) is 42.9 Å². The van der Waals surface area contributed by atoms with Gasteiger partial charge in [0, 0.05) is 29.8 Å². The fourth-order valence-corrected chi connectivity index (χ4v) is 4.35. The summed E-state index contributed by atoms with van der Waals surface area (Å²) >= 11 is 0. The first-order valence-corrected chi connectivity index (χ1v) is 11.1. The Kier molecular flexibility index (Phi) is 6.81. The number of benzene rings is 2. The second-order valence-corrected chi connectivity index (χ2v) is 8.77. The molecule has 3 aromatic rings. The molecule has 0 amide bonds. The molecular weight excluding hydrogens is 442 g/mol. The van der Waals surface area contributed by atoms with Gasteiger partial charge in [-0.2, -0.15) is 0 Å². The normalized spacial score (nSPS) is 19.7. The predicted molar refractivity (Wildman–Crippen MR) is 125 cm³/mol. The third kappa shape index (κ3) is 4.60. The molecule has 0 radical (unpaired) electrons. The number of ether oxygens (including phenoxy) is 2. The largest absolute Gasteiger partial charge is 0.507 e. The lowest BCUT2D eigenvalue weighted by atomic mass is 9.84. The third-order valence-electron chi connectivity index (χ3n) is 6.43. The Balaban J connectivity index is 1.58. The number of nitrogens with two attached hydrogens (primary N) is 1. The first-order chi connectivity index (χ1) is 16.3. The lowest BCUT2D eigenvalue weighted by Gasteiger charge is -2.40. The number of fused-ring (bicyclic) bond motifs is 2. The molecule has 0 bridgehead atoms. The fourth-order valence-electron chi connectivity index (χ4n) is 4.35. The van der Waals surface area contributed by atoms with Crippen LogP contribution >= 0.6 is 0 Å². The van der Waals surface area contributed by atoms with Crippen molar-refractivity contribution < 1.29 is 34.3 Å². The van der Waals surface area contributed by atoms with Gasteiger partial charge in [-0.05, 0) is 43.4 Å². The topological polar surface area (TPSA) is 156 Å². The van der Waals surface area contributed by atoms with Crippen LogP contribution in [0.5, 0.6) is 11.5 Å². The monoisotopic (exact) mass is 471 g/mol. The van der Waals surface area contributed by atoms with E-state index in [1.165, 1.54) is 6.07 Å². The maximum Gasteiger partial charge on any atom is 0.196 e. The summed E-state index contributed by atoms with van der Waals surface area (Å²) in [6.07, 6.45) is 0.833. The average molecular weight is 472 g/mol. The molecule has 182 valence electrons. The molecule has 1 aliphatic rings. The summed E-state index contributed by atoms with van der Waals surface area (Å²) in [4.78, 5) is 12.4. The number of aliphatic hydroxyl groups excluding tert-OH is 3. The van der Waals surface area contributed by atoms with E-state index in [0.717, 1.165) is 17.2 Å². The number of aromatic hydroxyl groups is 1. The summed E-state index contributed by atoms with van der Waals surface area (Å²) in [5.74, 6) is 0.134. The van der Waals surface area contributed by atoms with Crippen molar-refractivity contribution in [3.63, 3.8) is 0 Å². The van der Waals surface area contributed by atoms with E-state index in [4.69, 9.17) is 24.7 Å². The third-order valence-corrected chi connectivity index (χ3v) is 6.43. The Labute approximate surface area is 196 Å². The summed E-state index contributed by atoms with van der Waals surface area (Å²) in [7, 11) is 0. The van der Waals surface area contributed by atoms with Crippen molar-refractivity contribution in [2.75, 3.05) is 19.1 Å². The predicted octanol–water partition coefficient (Wildman–Crippen LogP) is 1.77. The van der Waals surface area contributed by atoms with Crippen LogP contribution in [-0.4, -0.2) is 45.5 Å². The lowest BCUT2D eigenvalue weighted by molar-refractivity contribution is -0.0595. The van der Waals surface area contributed by atoms with Crippen molar-refractivity contribution in [2.24, 2.45) is 0 Å². The Morgan fingerprint density at radius 1 is 1.21 bits per heavy atom. The zero-order valence-corrected chi connectivity index (χ0v) is 18.9. The smallest absolute Gasteiger partial charge is 0.196 e. The molecule has 4 rings (SSSR count). The summed E-state index contributed by atoms with van der Waals surface area (Å²) in [6.45, 7) is 1.36. The highest BCUT2D eigenvalue weighted by molar-refractivity contribution is 5.87. The molecular formula is C25H29NO8. The van der Waals surface area contributed by atoms with Crippen molar-refractivity contribution >= 4 is 16.7 Å². The van der Waals surface area contributed by atoms with Crippen LogP contribution in [0.4, 0.5) is 5.69 Å². The van der Waals surface area contributed by atoms with Crippen LogP contribution < -0.4 is 15.9 Å². The molecule has 0 unspecified atom stereocenters. The Morgan fingerprint density at radius 2 is 2.00 bits per heavy atom. The number of hydrogen-bond acceptors (Lipinski definition) is 9. The Hall–Kier alpha value is -3.11. The maximum absolute atomic E-state index is 12.4. The highest BCUT2D eigenvalue weighted by atomic mass is 16.6. The van der Waals surface area contributed by atoms with Crippen LogP contribution in [0.3, 0.4) is 0 Å². The second kappa shape index (κ2) is 9.63. The van der Waals surface area contributed by atoms with Gasteiger partial charge in [-0.1, -0.05) is 12.1 Å². The zero-order chi connectivity index (χ0) is 24.5. The van der Waals surface area contributed by atoms with E-state index < -0.39 is 23.7 Å². The molecule has 6 N–H and O–H groups in total. The quantitative estimate of drug-likeness (QED) is 0.188. The van der Waals surface area contributed by atoms with Gasteiger partial charge in [0.25, 0.3) is 0 Å². The maximum atomic E-state index is 12.4. The van der Waals surface area contributed by atoms with E-state index in [2.05, 4.69) is 0 Å². The summed E-state index contributed by atoms with van der Waals surface area (Å²) in [5.41, 5.74) is 7.65. The lowest BCUT2D eigenvalue weighted by Crippen LogP contribution is -2.49. The average Bonchev–Trinajstić information content (AvgIpc) is 2.80. The number of rotatable bonds is 8. The molecule has 0 aliphatic carbocycles. The number of aliphatic hydroxyl groups is 3. The molecule has 2 aromatic carbocycles. The number of nitrogen functional groups attached to an aromatic ring is 1. The van der Waals surface area contributed by atoms with Gasteiger partial charge in [-0.15, -0.1) is 0 Å². The molecule has 9 nitrogen and oxygen atoms in total. The molecule has 1 aliphatic heterocycles. The summed E-state index contributed by atoms with van der Waals surface area (Å²) in [6, 6.07) is 8.38. The van der Waals surface area contributed by atoms with Gasteiger partial charge in [0.2, 0.25) is 0 Å². The summed E-state index contributed by atoms with van der Waals surface area (Å²) in [5, 5.41) is 39.8. The van der Waals surface area contributed by atoms with E-state index in [-0.39, 0.29) is 35.7 Å². The highest BCUT2D eigenvalue weighted by Gasteiger charge is 2.41. The first-order valence-electron chi connectivity index (χ1n) is 11.1. The number of anilines is 1. The molecule has 9 heteroatoms. The van der Waals surface area contributed by atoms with Crippen LogP contribution in [0.25, 0.3) is 11.0 Å². The molecule has 0 saturated heterocycles. The molecule has 0 spiro atoms. The van der Waals surface area contributed by atoms with E-state index >= 15 is 0 Å². The molecule has 2 heterocycles. The molecule has 34 heavy (non-hydrogen) atoms. The van der Waals surface area contributed by atoms with E-state index in [1.54, 1.807) is 6.92 Å². The van der Waals surface area contributed by atoms with Gasteiger partial charge in [-0.25, -0.2) is 0 Å². The van der Waals surface area contributed by atoms with Crippen LogP contribution in [0.1, 0.15) is 35.8 Å². The first kappa shape index (κ1) is 24.0. The number of aryl methyl sites for hydroxylation is 1. The van der Waals surface area contributed by atoms with Crippen LogP contribution in [0.15, 0.2) is 39.5 Å². The van der Waals surface area contributed by atoms with Crippen molar-refractivity contribution in [3.8, 4) is 11.5 Å². The Morgan fingerprint density at radius 3 is 2.74 bits per heavy atom. The number of hydrogen-bond donors (Lipinski definition) is 5. The van der Waals surface area contributed by atoms with E-state index in [1.807, 2.05) is 18.2 Å². The number of phenols is 1.